The van der Waals surface area contributed by atoms with Crippen molar-refractivity contribution in [3.63, 3.8) is 0 Å². The molecule has 0 radical (unpaired) electrons. The quantitative estimate of drug-likeness (QED) is 0.646. The first-order valence-corrected chi connectivity index (χ1v) is 7.40. The smallest absolute Gasteiger partial charge is 0.156 e. The summed E-state index contributed by atoms with van der Waals surface area (Å²) in [5.41, 5.74) is 2.84. The number of pyridine rings is 1. The van der Waals surface area contributed by atoms with Gasteiger partial charge in [0.05, 0.1) is 17.2 Å². The van der Waals surface area contributed by atoms with Crippen molar-refractivity contribution >= 4 is 28.7 Å². The molecule has 0 spiro atoms. The second kappa shape index (κ2) is 5.62. The molecule has 7 heteroatoms. The number of nitrogens with one attached hydrogen (secondary N) is 2. The highest BCUT2D eigenvalue weighted by molar-refractivity contribution is 6.23. The summed E-state index contributed by atoms with van der Waals surface area (Å²) in [5, 5.41) is 24.2. The van der Waals surface area contributed by atoms with Crippen molar-refractivity contribution < 1.29 is 5.11 Å². The number of fused-ring (bicyclic) bond motifs is 1. The Morgan fingerprint density at radius 3 is 2.92 bits per heavy atom. The van der Waals surface area contributed by atoms with Crippen LogP contribution in [-0.4, -0.2) is 43.7 Å². The molecule has 3 N–H and O–H groups in total. The largest absolute Gasteiger partial charge is 0.509 e. The molecule has 24 heavy (non-hydrogen) atoms. The Balaban J connectivity index is 1.62. The monoisotopic (exact) mass is 318 g/mol. The summed E-state index contributed by atoms with van der Waals surface area (Å²) >= 11 is 0. The Morgan fingerprint density at radius 1 is 1.25 bits per heavy atom. The zero-order valence-electron chi connectivity index (χ0n) is 12.6. The first kappa shape index (κ1) is 14.1. The van der Waals surface area contributed by atoms with E-state index in [1.165, 1.54) is 5.01 Å². The molecule has 4 rings (SSSR count). The molecule has 1 aliphatic rings. The fourth-order valence-electron chi connectivity index (χ4n) is 2.57. The zero-order valence-corrected chi connectivity index (χ0v) is 12.6. The number of aromatic nitrogens is 3. The highest BCUT2D eigenvalue weighted by Crippen LogP contribution is 2.27. The average molecular weight is 318 g/mol. The summed E-state index contributed by atoms with van der Waals surface area (Å²) < 4.78 is 0. The van der Waals surface area contributed by atoms with Gasteiger partial charge in [-0.3, -0.25) is 10.4 Å². The molecule has 0 atom stereocenters. The van der Waals surface area contributed by atoms with Gasteiger partial charge in [-0.15, -0.1) is 0 Å². The second-order valence-electron chi connectivity index (χ2n) is 5.36. The highest BCUT2D eigenvalue weighted by atomic mass is 16.3. The lowest BCUT2D eigenvalue weighted by Crippen LogP contribution is -2.21. The van der Waals surface area contributed by atoms with E-state index in [0.29, 0.717) is 11.4 Å². The number of H-pyrrole nitrogens is 1. The molecule has 0 saturated heterocycles. The number of benzene rings is 1. The third kappa shape index (κ3) is 2.41. The summed E-state index contributed by atoms with van der Waals surface area (Å²) in [6.07, 6.45) is 4.97. The van der Waals surface area contributed by atoms with Crippen LogP contribution in [0.5, 0.6) is 0 Å². The summed E-state index contributed by atoms with van der Waals surface area (Å²) in [7, 11) is 0. The van der Waals surface area contributed by atoms with Crippen LogP contribution in [0.2, 0.25) is 0 Å². The molecule has 7 nitrogen and oxygen atoms in total. The van der Waals surface area contributed by atoms with Crippen LogP contribution in [0.1, 0.15) is 11.4 Å². The maximum absolute atomic E-state index is 10.3. The Kier molecular flexibility index (Phi) is 3.31. The molecule has 0 unspecified atom stereocenters. The van der Waals surface area contributed by atoms with Gasteiger partial charge < -0.3 is 10.1 Å². The molecule has 1 aliphatic heterocycles. The van der Waals surface area contributed by atoms with Gasteiger partial charge >= 0.3 is 0 Å². The standard InChI is InChI=1S/C17H14N6O/c18-16-15(17-21-12-5-1-2-6-13(12)22-17)14(24)10-23(16)20-9-11-4-3-7-19-8-11/h1-9,18,24H,10H2,(H,21,22). The van der Waals surface area contributed by atoms with E-state index in [4.69, 9.17) is 5.41 Å². The van der Waals surface area contributed by atoms with Gasteiger partial charge in [0.15, 0.2) is 5.84 Å². The molecular weight excluding hydrogens is 304 g/mol. The molecule has 3 aromatic rings. The maximum Gasteiger partial charge on any atom is 0.156 e. The van der Waals surface area contributed by atoms with Crippen molar-refractivity contribution in [3.05, 3.63) is 65.9 Å². The number of hydrazone groups is 1. The molecule has 0 aliphatic carbocycles. The average Bonchev–Trinajstić information content (AvgIpc) is 3.14. The molecule has 0 saturated carbocycles. The van der Waals surface area contributed by atoms with Crippen molar-refractivity contribution in [1.29, 1.82) is 5.41 Å². The zero-order chi connectivity index (χ0) is 16.5. The van der Waals surface area contributed by atoms with Gasteiger partial charge in [0, 0.05) is 18.0 Å². The van der Waals surface area contributed by atoms with E-state index in [2.05, 4.69) is 20.1 Å². The number of rotatable bonds is 3. The SMILES string of the molecule is N=C1C(c2nc3ccccc3[nH]2)=C(O)CN1N=Cc1cccnc1. The number of imidazole rings is 1. The van der Waals surface area contributed by atoms with Crippen molar-refractivity contribution in [3.8, 4) is 0 Å². The summed E-state index contributed by atoms with van der Waals surface area (Å²) in [5.74, 6) is 0.645. The van der Waals surface area contributed by atoms with E-state index in [1.54, 1.807) is 18.6 Å². The minimum atomic E-state index is 0.0717. The summed E-state index contributed by atoms with van der Waals surface area (Å²) in [4.78, 5) is 11.6. The number of amidine groups is 1. The van der Waals surface area contributed by atoms with E-state index in [9.17, 15) is 5.11 Å². The lowest BCUT2D eigenvalue weighted by Gasteiger charge is -2.10. The second-order valence-corrected chi connectivity index (χ2v) is 5.36. The number of aromatic amines is 1. The first-order valence-electron chi connectivity index (χ1n) is 7.40. The molecule has 2 aromatic heterocycles. The summed E-state index contributed by atoms with van der Waals surface area (Å²) in [6, 6.07) is 11.3. The lowest BCUT2D eigenvalue weighted by molar-refractivity contribution is 0.358. The van der Waals surface area contributed by atoms with Crippen LogP contribution in [0.4, 0.5) is 0 Å². The number of para-hydroxylation sites is 2. The molecule has 1 aromatic carbocycles. The van der Waals surface area contributed by atoms with Crippen LogP contribution in [0, 0.1) is 5.41 Å². The van der Waals surface area contributed by atoms with E-state index in [-0.39, 0.29) is 18.1 Å². The van der Waals surface area contributed by atoms with E-state index < -0.39 is 0 Å². The fourth-order valence-corrected chi connectivity index (χ4v) is 2.57. The minimum absolute atomic E-state index is 0.0717. The van der Waals surface area contributed by atoms with Gasteiger partial charge in [-0.25, -0.2) is 9.99 Å². The van der Waals surface area contributed by atoms with E-state index in [0.717, 1.165) is 16.6 Å². The topological polar surface area (TPSA) is 101 Å². The molecule has 118 valence electrons. The summed E-state index contributed by atoms with van der Waals surface area (Å²) in [6.45, 7) is 0.141. The van der Waals surface area contributed by atoms with Crippen molar-refractivity contribution in [1.82, 2.24) is 20.0 Å². The molecule has 0 fully saturated rings. The van der Waals surface area contributed by atoms with Crippen LogP contribution in [0.3, 0.4) is 0 Å². The van der Waals surface area contributed by atoms with Gasteiger partial charge in [0.25, 0.3) is 0 Å². The van der Waals surface area contributed by atoms with Crippen LogP contribution < -0.4 is 0 Å². The van der Waals surface area contributed by atoms with E-state index >= 15 is 0 Å². The van der Waals surface area contributed by atoms with Crippen LogP contribution in [0.15, 0.2) is 59.7 Å². The Labute approximate surface area is 137 Å². The maximum atomic E-state index is 10.3. The predicted molar refractivity (Wildman–Crippen MR) is 91.9 cm³/mol. The number of nitrogens with zero attached hydrogens (tertiary/aromatic N) is 4. The number of aliphatic hydroxyl groups excluding tert-OH is 1. The molecule has 3 heterocycles. The molecule has 0 amide bonds. The highest BCUT2D eigenvalue weighted by Gasteiger charge is 2.30. The fraction of sp³-hybridized carbons (Fsp3) is 0.0588. The van der Waals surface area contributed by atoms with Crippen molar-refractivity contribution in [2.75, 3.05) is 6.54 Å². The third-order valence-corrected chi connectivity index (χ3v) is 3.74. The van der Waals surface area contributed by atoms with Crippen molar-refractivity contribution in [2.24, 2.45) is 5.10 Å². The van der Waals surface area contributed by atoms with Gasteiger partial charge in [-0.1, -0.05) is 18.2 Å². The first-order chi connectivity index (χ1) is 11.7. The minimum Gasteiger partial charge on any atom is -0.509 e. The van der Waals surface area contributed by atoms with Crippen LogP contribution in [0.25, 0.3) is 16.6 Å². The lowest BCUT2D eigenvalue weighted by atomic mass is 10.2. The molecular formula is C17H14N6O. The predicted octanol–water partition coefficient (Wildman–Crippen LogP) is 2.55. The van der Waals surface area contributed by atoms with Crippen LogP contribution in [-0.2, 0) is 0 Å². The Morgan fingerprint density at radius 2 is 2.12 bits per heavy atom. The number of aliphatic hydroxyl groups is 1. The number of hydrogen-bond donors (Lipinski definition) is 3. The van der Waals surface area contributed by atoms with Gasteiger partial charge in [-0.2, -0.15) is 5.10 Å². The van der Waals surface area contributed by atoms with Crippen LogP contribution >= 0.6 is 0 Å². The number of hydrogen-bond acceptors (Lipinski definition) is 5. The van der Waals surface area contributed by atoms with E-state index in [1.807, 2.05) is 36.4 Å². The van der Waals surface area contributed by atoms with Crippen molar-refractivity contribution in [2.45, 2.75) is 0 Å². The Hall–Kier alpha value is -3.48. The molecule has 0 bridgehead atoms. The van der Waals surface area contributed by atoms with Gasteiger partial charge in [-0.05, 0) is 18.2 Å². The van der Waals surface area contributed by atoms with Gasteiger partial charge in [0.2, 0.25) is 0 Å². The van der Waals surface area contributed by atoms with Gasteiger partial charge in [0.1, 0.15) is 23.7 Å². The Bertz CT molecular complexity index is 940. The third-order valence-electron chi connectivity index (χ3n) is 3.74. The normalized spacial score (nSPS) is 15.2.